The molecule has 108 valence electrons. The van der Waals surface area contributed by atoms with E-state index in [0.29, 0.717) is 30.0 Å². The number of hydrogen-bond acceptors (Lipinski definition) is 4. The van der Waals surface area contributed by atoms with Crippen LogP contribution in [0.1, 0.15) is 11.1 Å². The zero-order chi connectivity index (χ0) is 14.8. The number of amides is 1. The van der Waals surface area contributed by atoms with Crippen LogP contribution < -0.4 is 15.8 Å². The van der Waals surface area contributed by atoms with Gasteiger partial charge in [-0.15, -0.1) is 0 Å². The van der Waals surface area contributed by atoms with Crippen molar-refractivity contribution in [3.05, 3.63) is 47.5 Å². The van der Waals surface area contributed by atoms with E-state index in [1.807, 2.05) is 24.3 Å². The third kappa shape index (κ3) is 2.68. The molecule has 0 spiro atoms. The Labute approximate surface area is 122 Å². The summed E-state index contributed by atoms with van der Waals surface area (Å²) in [6, 6.07) is 11.0. The van der Waals surface area contributed by atoms with Gasteiger partial charge in [-0.1, -0.05) is 18.2 Å². The van der Waals surface area contributed by atoms with Gasteiger partial charge in [0.05, 0.1) is 12.1 Å². The van der Waals surface area contributed by atoms with Crippen molar-refractivity contribution in [2.24, 2.45) is 0 Å². The Balaban J connectivity index is 1.92. The number of nitrogens with two attached hydrogens (primary N) is 1. The first-order chi connectivity index (χ1) is 10.2. The summed E-state index contributed by atoms with van der Waals surface area (Å²) in [5.74, 6) is 1.12. The van der Waals surface area contributed by atoms with Gasteiger partial charge in [-0.05, 0) is 29.7 Å². The number of carbonyl (C=O) groups excluding carboxylic acids is 1. The summed E-state index contributed by atoms with van der Waals surface area (Å²) in [6.45, 7) is 0.0517. The number of ether oxygens (including phenoxy) is 1. The van der Waals surface area contributed by atoms with Crippen LogP contribution in [0.5, 0.6) is 11.5 Å². The average Bonchev–Trinajstić information content (AvgIpc) is 2.81. The predicted molar refractivity (Wildman–Crippen MR) is 80.5 cm³/mol. The Morgan fingerprint density at radius 2 is 2.05 bits per heavy atom. The number of aliphatic hydroxyl groups excluding tert-OH is 1. The molecule has 4 N–H and O–H groups in total. The van der Waals surface area contributed by atoms with Crippen LogP contribution in [0.15, 0.2) is 36.4 Å². The lowest BCUT2D eigenvalue weighted by Crippen LogP contribution is -2.03. The largest absolute Gasteiger partial charge is 0.455 e. The molecule has 21 heavy (non-hydrogen) atoms. The van der Waals surface area contributed by atoms with Crippen molar-refractivity contribution < 1.29 is 14.6 Å². The van der Waals surface area contributed by atoms with Crippen LogP contribution in [0.25, 0.3) is 0 Å². The first-order valence-electron chi connectivity index (χ1n) is 6.76. The highest BCUT2D eigenvalue weighted by Gasteiger charge is 2.20. The summed E-state index contributed by atoms with van der Waals surface area (Å²) in [7, 11) is 0. The van der Waals surface area contributed by atoms with E-state index in [9.17, 15) is 4.79 Å². The molecule has 1 aliphatic rings. The zero-order valence-electron chi connectivity index (χ0n) is 11.4. The molecule has 1 heterocycles. The molecule has 0 unspecified atom stereocenters. The number of benzene rings is 2. The summed E-state index contributed by atoms with van der Waals surface area (Å²) in [4.78, 5) is 11.4. The number of aliphatic hydroxyl groups is 1. The minimum atomic E-state index is -0.0396. The lowest BCUT2D eigenvalue weighted by Gasteiger charge is -2.13. The van der Waals surface area contributed by atoms with Crippen molar-refractivity contribution in [3.63, 3.8) is 0 Å². The van der Waals surface area contributed by atoms with Crippen molar-refractivity contribution >= 4 is 17.3 Å². The van der Waals surface area contributed by atoms with E-state index in [0.717, 1.165) is 16.8 Å². The molecule has 0 atom stereocenters. The number of nitrogen functional groups attached to an aromatic ring is 1. The highest BCUT2D eigenvalue weighted by atomic mass is 16.5. The summed E-state index contributed by atoms with van der Waals surface area (Å²) >= 11 is 0. The van der Waals surface area contributed by atoms with E-state index in [-0.39, 0.29) is 12.5 Å². The standard InChI is InChI=1S/C16H16N2O3/c17-12-7-11-8-16(20)18-13(11)9-15(12)21-14-4-2-1-3-10(14)5-6-19/h1-4,7,9,19H,5-6,8,17H2,(H,18,20). The average molecular weight is 284 g/mol. The van der Waals surface area contributed by atoms with E-state index in [1.165, 1.54) is 0 Å². The molecule has 5 nitrogen and oxygen atoms in total. The van der Waals surface area contributed by atoms with Crippen LogP contribution >= 0.6 is 0 Å². The van der Waals surface area contributed by atoms with Crippen molar-refractivity contribution in [2.45, 2.75) is 12.8 Å². The second-order valence-corrected chi connectivity index (χ2v) is 4.96. The van der Waals surface area contributed by atoms with Crippen LogP contribution in [0.4, 0.5) is 11.4 Å². The molecule has 0 radical (unpaired) electrons. The van der Waals surface area contributed by atoms with Crippen molar-refractivity contribution in [1.82, 2.24) is 0 Å². The number of fused-ring (bicyclic) bond motifs is 1. The second-order valence-electron chi connectivity index (χ2n) is 4.96. The molecule has 0 aliphatic carbocycles. The number of anilines is 2. The minimum absolute atomic E-state index is 0.0396. The van der Waals surface area contributed by atoms with Gasteiger partial charge in [-0.3, -0.25) is 4.79 Å². The van der Waals surface area contributed by atoms with Gasteiger partial charge in [0.25, 0.3) is 0 Å². The van der Waals surface area contributed by atoms with Gasteiger partial charge in [0.1, 0.15) is 5.75 Å². The second kappa shape index (κ2) is 5.46. The first kappa shape index (κ1) is 13.5. The zero-order valence-corrected chi connectivity index (χ0v) is 11.4. The molecule has 3 rings (SSSR count). The first-order valence-corrected chi connectivity index (χ1v) is 6.76. The van der Waals surface area contributed by atoms with Gasteiger partial charge in [-0.25, -0.2) is 0 Å². The van der Waals surface area contributed by atoms with Crippen molar-refractivity contribution in [1.29, 1.82) is 0 Å². The lowest BCUT2D eigenvalue weighted by molar-refractivity contribution is -0.115. The molecular formula is C16H16N2O3. The van der Waals surface area contributed by atoms with E-state index < -0.39 is 0 Å². The van der Waals surface area contributed by atoms with Crippen LogP contribution in [0.2, 0.25) is 0 Å². The Hall–Kier alpha value is -2.53. The van der Waals surface area contributed by atoms with E-state index in [1.54, 1.807) is 12.1 Å². The Morgan fingerprint density at radius 3 is 2.86 bits per heavy atom. The predicted octanol–water partition coefficient (Wildman–Crippen LogP) is 2.09. The van der Waals surface area contributed by atoms with Crippen LogP contribution in [-0.4, -0.2) is 17.6 Å². The SMILES string of the molecule is Nc1cc2c(cc1Oc1ccccc1CCO)NC(=O)C2. The van der Waals surface area contributed by atoms with E-state index in [4.69, 9.17) is 15.6 Å². The molecule has 0 aromatic heterocycles. The molecule has 0 fully saturated rings. The number of nitrogens with one attached hydrogen (secondary N) is 1. The maximum atomic E-state index is 11.4. The van der Waals surface area contributed by atoms with Gasteiger partial charge in [0, 0.05) is 18.4 Å². The van der Waals surface area contributed by atoms with Crippen molar-refractivity contribution in [2.75, 3.05) is 17.7 Å². The molecule has 0 saturated carbocycles. The van der Waals surface area contributed by atoms with Gasteiger partial charge in [0.15, 0.2) is 5.75 Å². The maximum absolute atomic E-state index is 11.4. The summed E-state index contributed by atoms with van der Waals surface area (Å²) < 4.78 is 5.87. The third-order valence-electron chi connectivity index (χ3n) is 3.43. The summed E-state index contributed by atoms with van der Waals surface area (Å²) in [5, 5.41) is 11.9. The van der Waals surface area contributed by atoms with Crippen LogP contribution in [0.3, 0.4) is 0 Å². The molecule has 0 saturated heterocycles. The highest BCUT2D eigenvalue weighted by molar-refractivity contribution is 6.00. The summed E-state index contributed by atoms with van der Waals surface area (Å²) in [6.07, 6.45) is 0.860. The van der Waals surface area contributed by atoms with Crippen LogP contribution in [0, 0.1) is 0 Å². The normalized spacial score (nSPS) is 12.9. The fraction of sp³-hybridized carbons (Fsp3) is 0.188. The van der Waals surface area contributed by atoms with Crippen molar-refractivity contribution in [3.8, 4) is 11.5 Å². The number of para-hydroxylation sites is 1. The highest BCUT2D eigenvalue weighted by Crippen LogP contribution is 2.36. The molecule has 2 aromatic rings. The van der Waals surface area contributed by atoms with Gasteiger partial charge < -0.3 is 20.9 Å². The fourth-order valence-corrected chi connectivity index (χ4v) is 2.41. The maximum Gasteiger partial charge on any atom is 0.228 e. The number of rotatable bonds is 4. The third-order valence-corrected chi connectivity index (χ3v) is 3.43. The molecule has 5 heteroatoms. The lowest BCUT2D eigenvalue weighted by atomic mass is 10.1. The van der Waals surface area contributed by atoms with Gasteiger partial charge >= 0.3 is 0 Å². The number of carbonyl (C=O) groups is 1. The topological polar surface area (TPSA) is 84.6 Å². The minimum Gasteiger partial charge on any atom is -0.455 e. The quantitative estimate of drug-likeness (QED) is 0.751. The Bertz CT molecular complexity index is 698. The monoisotopic (exact) mass is 284 g/mol. The van der Waals surface area contributed by atoms with E-state index in [2.05, 4.69) is 5.32 Å². The number of hydrogen-bond donors (Lipinski definition) is 3. The molecule has 0 bridgehead atoms. The van der Waals surface area contributed by atoms with Gasteiger partial charge in [0.2, 0.25) is 5.91 Å². The summed E-state index contributed by atoms with van der Waals surface area (Å²) in [5.41, 5.74) is 9.02. The van der Waals surface area contributed by atoms with Gasteiger partial charge in [-0.2, -0.15) is 0 Å². The Morgan fingerprint density at radius 1 is 1.24 bits per heavy atom. The fourth-order valence-electron chi connectivity index (χ4n) is 2.41. The smallest absolute Gasteiger partial charge is 0.228 e. The Kier molecular flexibility index (Phi) is 3.50. The van der Waals surface area contributed by atoms with Crippen LogP contribution in [-0.2, 0) is 17.6 Å². The molecule has 1 amide bonds. The molecular weight excluding hydrogens is 268 g/mol. The van der Waals surface area contributed by atoms with E-state index >= 15 is 0 Å². The molecule has 2 aromatic carbocycles. The molecule has 1 aliphatic heterocycles.